The minimum atomic E-state index is -0.0140. The number of fused-ring (bicyclic) bond motifs is 1. The Bertz CT molecular complexity index is 814. The highest BCUT2D eigenvalue weighted by atomic mass is 16.5. The Morgan fingerprint density at radius 2 is 1.54 bits per heavy atom. The summed E-state index contributed by atoms with van der Waals surface area (Å²) in [7, 11) is 0. The summed E-state index contributed by atoms with van der Waals surface area (Å²) in [5.74, 6) is 1.37. The number of likely N-dealkylation sites (tertiary alicyclic amines) is 1. The summed E-state index contributed by atoms with van der Waals surface area (Å²) in [6.07, 6.45) is 7.27. The predicted molar refractivity (Wildman–Crippen MR) is 109 cm³/mol. The molecule has 4 rings (SSSR count). The van der Waals surface area contributed by atoms with Gasteiger partial charge in [-0.3, -0.25) is 9.59 Å². The highest BCUT2D eigenvalue weighted by Gasteiger charge is 2.35. The molecule has 0 bridgehead atoms. The van der Waals surface area contributed by atoms with E-state index >= 15 is 0 Å². The van der Waals surface area contributed by atoms with Crippen molar-refractivity contribution in [2.45, 2.75) is 44.6 Å². The molecule has 1 heterocycles. The SMILES string of the molecule is O=C(c1ccccc1)c1ccc(OCC(=O)N2CCC[C@@H]3CCCC[C@H]32)cc1. The molecule has 0 radical (unpaired) electrons. The maximum atomic E-state index is 12.7. The van der Waals surface area contributed by atoms with Crippen LogP contribution in [-0.4, -0.2) is 35.8 Å². The number of carbonyl (C=O) groups is 2. The molecule has 0 N–H and O–H groups in total. The topological polar surface area (TPSA) is 46.6 Å². The van der Waals surface area contributed by atoms with Crippen LogP contribution < -0.4 is 4.74 Å². The number of ether oxygens (including phenoxy) is 1. The zero-order chi connectivity index (χ0) is 19.3. The average Bonchev–Trinajstić information content (AvgIpc) is 2.77. The van der Waals surface area contributed by atoms with E-state index in [0.29, 0.717) is 28.8 Å². The molecule has 1 aliphatic carbocycles. The summed E-state index contributed by atoms with van der Waals surface area (Å²) in [4.78, 5) is 27.3. The summed E-state index contributed by atoms with van der Waals surface area (Å²) in [5, 5.41) is 0. The molecule has 4 heteroatoms. The quantitative estimate of drug-likeness (QED) is 0.722. The van der Waals surface area contributed by atoms with E-state index in [0.717, 1.165) is 19.4 Å². The van der Waals surface area contributed by atoms with Crippen LogP contribution in [0.1, 0.15) is 54.4 Å². The minimum Gasteiger partial charge on any atom is -0.484 e. The number of hydrogen-bond donors (Lipinski definition) is 0. The fourth-order valence-corrected chi connectivity index (χ4v) is 4.62. The molecule has 4 nitrogen and oxygen atoms in total. The lowest BCUT2D eigenvalue weighted by atomic mass is 9.78. The van der Waals surface area contributed by atoms with Crippen LogP contribution in [0.25, 0.3) is 0 Å². The van der Waals surface area contributed by atoms with E-state index in [4.69, 9.17) is 4.74 Å². The highest BCUT2D eigenvalue weighted by Crippen LogP contribution is 2.35. The fraction of sp³-hybridized carbons (Fsp3) is 0.417. The van der Waals surface area contributed by atoms with Gasteiger partial charge in [0.15, 0.2) is 12.4 Å². The number of hydrogen-bond acceptors (Lipinski definition) is 3. The van der Waals surface area contributed by atoms with E-state index in [1.54, 1.807) is 24.3 Å². The van der Waals surface area contributed by atoms with Gasteiger partial charge in [0.05, 0.1) is 0 Å². The Morgan fingerprint density at radius 3 is 2.32 bits per heavy atom. The van der Waals surface area contributed by atoms with Gasteiger partial charge in [-0.05, 0) is 55.9 Å². The standard InChI is InChI=1S/C24H27NO3/c26-23(25-16-6-10-18-7-4-5-11-22(18)25)17-28-21-14-12-20(13-15-21)24(27)19-8-2-1-3-9-19/h1-3,8-9,12-15,18,22H,4-7,10-11,16-17H2/t18-,22+/m0/s1. The second kappa shape index (κ2) is 8.59. The highest BCUT2D eigenvalue weighted by molar-refractivity contribution is 6.08. The van der Waals surface area contributed by atoms with Crippen LogP contribution in [0.15, 0.2) is 54.6 Å². The summed E-state index contributed by atoms with van der Waals surface area (Å²) in [6, 6.07) is 16.7. The number of piperidine rings is 1. The van der Waals surface area contributed by atoms with Gasteiger partial charge in [0, 0.05) is 23.7 Å². The first-order valence-electron chi connectivity index (χ1n) is 10.3. The Morgan fingerprint density at radius 1 is 0.857 bits per heavy atom. The van der Waals surface area contributed by atoms with Crippen molar-refractivity contribution in [2.24, 2.45) is 5.92 Å². The smallest absolute Gasteiger partial charge is 0.260 e. The molecule has 2 fully saturated rings. The van der Waals surface area contributed by atoms with Crippen LogP contribution in [0.3, 0.4) is 0 Å². The van der Waals surface area contributed by atoms with Crippen LogP contribution in [0.4, 0.5) is 0 Å². The molecular weight excluding hydrogens is 350 g/mol. The molecule has 1 amide bonds. The summed E-state index contributed by atoms with van der Waals surface area (Å²) < 4.78 is 5.74. The molecule has 28 heavy (non-hydrogen) atoms. The molecule has 0 unspecified atom stereocenters. The maximum absolute atomic E-state index is 12.7. The predicted octanol–water partition coefficient (Wildman–Crippen LogP) is 4.48. The van der Waals surface area contributed by atoms with Crippen LogP contribution in [-0.2, 0) is 4.79 Å². The minimum absolute atomic E-state index is 0.0140. The van der Waals surface area contributed by atoms with Gasteiger partial charge in [-0.2, -0.15) is 0 Å². The number of ketones is 1. The lowest BCUT2D eigenvalue weighted by Gasteiger charge is -2.44. The summed E-state index contributed by atoms with van der Waals surface area (Å²) >= 11 is 0. The first-order chi connectivity index (χ1) is 13.7. The van der Waals surface area contributed by atoms with Gasteiger partial charge in [0.1, 0.15) is 5.75 Å². The largest absolute Gasteiger partial charge is 0.484 e. The Labute approximate surface area is 166 Å². The zero-order valence-electron chi connectivity index (χ0n) is 16.2. The molecule has 2 atom stereocenters. The van der Waals surface area contributed by atoms with Gasteiger partial charge in [-0.15, -0.1) is 0 Å². The first kappa shape index (κ1) is 18.7. The van der Waals surface area contributed by atoms with E-state index in [1.165, 1.54) is 25.7 Å². The third-order valence-corrected chi connectivity index (χ3v) is 6.08. The second-order valence-electron chi connectivity index (χ2n) is 7.85. The van der Waals surface area contributed by atoms with Crippen molar-refractivity contribution in [3.8, 4) is 5.75 Å². The van der Waals surface area contributed by atoms with Crippen LogP contribution in [0.5, 0.6) is 5.75 Å². The van der Waals surface area contributed by atoms with Gasteiger partial charge in [0.2, 0.25) is 0 Å². The summed E-state index contributed by atoms with van der Waals surface area (Å²) in [6.45, 7) is 0.920. The molecule has 1 saturated carbocycles. The van der Waals surface area contributed by atoms with Gasteiger partial charge in [-0.25, -0.2) is 0 Å². The van der Waals surface area contributed by atoms with Crippen molar-refractivity contribution in [1.82, 2.24) is 4.90 Å². The van der Waals surface area contributed by atoms with Crippen molar-refractivity contribution >= 4 is 11.7 Å². The molecule has 146 valence electrons. The number of nitrogens with zero attached hydrogens (tertiary/aromatic N) is 1. The van der Waals surface area contributed by atoms with Crippen LogP contribution in [0.2, 0.25) is 0 Å². The van der Waals surface area contributed by atoms with Crippen molar-refractivity contribution < 1.29 is 14.3 Å². The Balaban J connectivity index is 1.34. The van der Waals surface area contributed by atoms with Crippen molar-refractivity contribution in [3.05, 3.63) is 65.7 Å². The second-order valence-corrected chi connectivity index (χ2v) is 7.85. The number of rotatable bonds is 5. The molecule has 0 aromatic heterocycles. The van der Waals surface area contributed by atoms with Gasteiger partial charge >= 0.3 is 0 Å². The third kappa shape index (κ3) is 4.11. The van der Waals surface area contributed by atoms with E-state index in [-0.39, 0.29) is 18.3 Å². The monoisotopic (exact) mass is 377 g/mol. The third-order valence-electron chi connectivity index (χ3n) is 6.08. The Hall–Kier alpha value is -2.62. The first-order valence-corrected chi connectivity index (χ1v) is 10.3. The molecule has 2 aliphatic rings. The van der Waals surface area contributed by atoms with E-state index in [2.05, 4.69) is 4.90 Å². The van der Waals surface area contributed by atoms with Crippen LogP contribution in [0, 0.1) is 5.92 Å². The van der Waals surface area contributed by atoms with Gasteiger partial charge < -0.3 is 9.64 Å². The van der Waals surface area contributed by atoms with Crippen molar-refractivity contribution in [2.75, 3.05) is 13.2 Å². The van der Waals surface area contributed by atoms with E-state index in [9.17, 15) is 9.59 Å². The molecule has 1 aliphatic heterocycles. The normalized spacial score (nSPS) is 21.6. The number of amides is 1. The number of benzene rings is 2. The fourth-order valence-electron chi connectivity index (χ4n) is 4.62. The number of carbonyl (C=O) groups excluding carboxylic acids is 2. The molecule has 2 aromatic rings. The summed E-state index contributed by atoms with van der Waals surface area (Å²) in [5.41, 5.74) is 1.28. The lowest BCUT2D eigenvalue weighted by molar-refractivity contribution is -0.139. The lowest BCUT2D eigenvalue weighted by Crippen LogP contribution is -2.51. The van der Waals surface area contributed by atoms with Crippen molar-refractivity contribution in [1.29, 1.82) is 0 Å². The average molecular weight is 377 g/mol. The molecule has 1 saturated heterocycles. The molecule has 2 aromatic carbocycles. The Kier molecular flexibility index (Phi) is 5.75. The zero-order valence-corrected chi connectivity index (χ0v) is 16.2. The van der Waals surface area contributed by atoms with Gasteiger partial charge in [0.25, 0.3) is 5.91 Å². The van der Waals surface area contributed by atoms with E-state index in [1.807, 2.05) is 30.3 Å². The maximum Gasteiger partial charge on any atom is 0.260 e. The molecular formula is C24H27NO3. The van der Waals surface area contributed by atoms with Gasteiger partial charge in [-0.1, -0.05) is 43.2 Å². The van der Waals surface area contributed by atoms with Crippen molar-refractivity contribution in [3.63, 3.8) is 0 Å². The van der Waals surface area contributed by atoms with Crippen LogP contribution >= 0.6 is 0 Å². The molecule has 0 spiro atoms. The van der Waals surface area contributed by atoms with E-state index < -0.39 is 0 Å².